The molecule has 1 rings (SSSR count). The summed E-state index contributed by atoms with van der Waals surface area (Å²) < 4.78 is 0.395. The van der Waals surface area contributed by atoms with Gasteiger partial charge in [-0.15, -0.1) is 0 Å². The lowest BCUT2D eigenvalue weighted by molar-refractivity contribution is -0.385. The summed E-state index contributed by atoms with van der Waals surface area (Å²) in [7, 11) is 1.50. The Morgan fingerprint density at radius 3 is 2.47 bits per heavy atom. The van der Waals surface area contributed by atoms with Crippen LogP contribution in [-0.2, 0) is 0 Å². The third-order valence-electron chi connectivity index (χ3n) is 1.39. The molecule has 0 spiro atoms. The zero-order valence-electron chi connectivity index (χ0n) is 7.74. The fourth-order valence-corrected chi connectivity index (χ4v) is 1.31. The van der Waals surface area contributed by atoms with E-state index in [2.05, 4.69) is 21.7 Å². The van der Waals surface area contributed by atoms with Gasteiger partial charge in [0.1, 0.15) is 0 Å². The van der Waals surface area contributed by atoms with Gasteiger partial charge in [0.25, 0.3) is 5.69 Å². The average Bonchev–Trinajstić information content (AvgIpc) is 2.24. The topological polar surface area (TPSA) is 86.2 Å². The van der Waals surface area contributed by atoms with E-state index in [1.807, 2.05) is 0 Å². The summed E-state index contributed by atoms with van der Waals surface area (Å²) >= 11 is 8.67. The van der Waals surface area contributed by atoms with Crippen molar-refractivity contribution >= 4 is 39.5 Å². The third kappa shape index (κ3) is 3.58. The van der Waals surface area contributed by atoms with Gasteiger partial charge in [0.2, 0.25) is 0 Å². The minimum absolute atomic E-state index is 0.0294. The summed E-state index contributed by atoms with van der Waals surface area (Å²) in [6.07, 6.45) is 0.399. The molecule has 7 heteroatoms. The van der Waals surface area contributed by atoms with Gasteiger partial charge in [0.15, 0.2) is 6.29 Å². The lowest BCUT2D eigenvalue weighted by atomic mass is 10.2. The first kappa shape index (κ1) is 14.0. The monoisotopic (exact) mass is 294 g/mol. The number of nitro groups is 1. The number of benzene rings is 1. The number of carbonyl (C=O) groups is 1. The molecule has 0 aromatic heterocycles. The molecule has 1 aromatic rings. The smallest absolute Gasteiger partial charge is 0.281 e. The second kappa shape index (κ2) is 6.49. The van der Waals surface area contributed by atoms with Crippen molar-refractivity contribution in [2.45, 2.75) is 0 Å². The number of nitrogens with two attached hydrogens (primary N) is 1. The first-order valence-corrected chi connectivity index (χ1v) is 4.89. The number of rotatable bonds is 2. The number of hydrogen-bond acceptors (Lipinski definition) is 4. The molecule has 0 radical (unpaired) electrons. The van der Waals surface area contributed by atoms with Gasteiger partial charge in [-0.1, -0.05) is 11.6 Å². The number of nitro benzene ring substituents is 1. The molecule has 0 heterocycles. The van der Waals surface area contributed by atoms with E-state index in [0.717, 1.165) is 0 Å². The van der Waals surface area contributed by atoms with Crippen LogP contribution in [0.5, 0.6) is 0 Å². The quantitative estimate of drug-likeness (QED) is 0.515. The van der Waals surface area contributed by atoms with Gasteiger partial charge >= 0.3 is 0 Å². The molecule has 2 N–H and O–H groups in total. The molecule has 0 atom stereocenters. The van der Waals surface area contributed by atoms with Crippen LogP contribution in [0.2, 0.25) is 5.02 Å². The maximum atomic E-state index is 10.4. The van der Waals surface area contributed by atoms with E-state index in [1.165, 1.54) is 19.2 Å². The maximum Gasteiger partial charge on any atom is 0.281 e. The van der Waals surface area contributed by atoms with Crippen molar-refractivity contribution in [1.29, 1.82) is 0 Å². The molecule has 0 aliphatic heterocycles. The number of nitrogens with zero attached hydrogens (tertiary/aromatic N) is 1. The van der Waals surface area contributed by atoms with E-state index in [9.17, 15) is 14.9 Å². The first-order valence-electron chi connectivity index (χ1n) is 3.72. The normalized spacial score (nSPS) is 8.80. The fraction of sp³-hybridized carbons (Fsp3) is 0.125. The van der Waals surface area contributed by atoms with Crippen LogP contribution >= 0.6 is 27.5 Å². The summed E-state index contributed by atoms with van der Waals surface area (Å²) in [6, 6.07) is 2.45. The van der Waals surface area contributed by atoms with E-state index in [0.29, 0.717) is 10.8 Å². The van der Waals surface area contributed by atoms with Crippen LogP contribution in [0.3, 0.4) is 0 Å². The Kier molecular flexibility index (Phi) is 6.07. The molecule has 0 bridgehead atoms. The van der Waals surface area contributed by atoms with Gasteiger partial charge in [0, 0.05) is 10.5 Å². The number of aldehydes is 1. The predicted octanol–water partition coefficient (Wildman–Crippen LogP) is 2.40. The standard InChI is InChI=1S/C7H3BrClNO3.CH5N/c8-5-2-7(10(12)13)4(3-11)1-6(5)9;1-2/h1-3H;2H2,1H3. The Morgan fingerprint density at radius 2 is 2.07 bits per heavy atom. The summed E-state index contributed by atoms with van der Waals surface area (Å²) in [5, 5.41) is 10.7. The van der Waals surface area contributed by atoms with Crippen LogP contribution < -0.4 is 5.73 Å². The molecule has 0 amide bonds. The van der Waals surface area contributed by atoms with Gasteiger partial charge in [-0.25, -0.2) is 0 Å². The molecular formula is C8H8BrClN2O3. The van der Waals surface area contributed by atoms with Crippen molar-refractivity contribution in [3.63, 3.8) is 0 Å². The highest BCUT2D eigenvalue weighted by Crippen LogP contribution is 2.29. The molecule has 0 saturated heterocycles. The molecule has 0 unspecified atom stereocenters. The first-order chi connectivity index (χ1) is 7.06. The zero-order chi connectivity index (χ0) is 12.0. The van der Waals surface area contributed by atoms with Crippen LogP contribution in [0, 0.1) is 10.1 Å². The van der Waals surface area contributed by atoms with Crippen molar-refractivity contribution in [2.75, 3.05) is 7.05 Å². The average molecular weight is 296 g/mol. The Labute approximate surface area is 99.5 Å². The van der Waals surface area contributed by atoms with Crippen molar-refractivity contribution in [3.05, 3.63) is 37.3 Å². The largest absolute Gasteiger partial charge is 0.333 e. The highest BCUT2D eigenvalue weighted by molar-refractivity contribution is 9.10. The van der Waals surface area contributed by atoms with Gasteiger partial charge in [-0.2, -0.15) is 0 Å². The summed E-state index contributed by atoms with van der Waals surface area (Å²) in [5.74, 6) is 0. The highest BCUT2D eigenvalue weighted by Gasteiger charge is 2.15. The molecule has 0 aliphatic carbocycles. The summed E-state index contributed by atoms with van der Waals surface area (Å²) in [5.41, 5.74) is 4.21. The second-order valence-electron chi connectivity index (χ2n) is 2.20. The second-order valence-corrected chi connectivity index (χ2v) is 3.46. The molecule has 5 nitrogen and oxygen atoms in total. The third-order valence-corrected chi connectivity index (χ3v) is 2.59. The molecule has 1 aromatic carbocycles. The van der Waals surface area contributed by atoms with Crippen molar-refractivity contribution in [2.24, 2.45) is 5.73 Å². The number of hydrogen-bond donors (Lipinski definition) is 1. The van der Waals surface area contributed by atoms with Crippen LogP contribution in [-0.4, -0.2) is 18.3 Å². The Hall–Kier alpha value is -0.980. The Morgan fingerprint density at radius 1 is 1.53 bits per heavy atom. The lowest BCUT2D eigenvalue weighted by Crippen LogP contribution is -1.94. The van der Waals surface area contributed by atoms with E-state index in [-0.39, 0.29) is 16.3 Å². The van der Waals surface area contributed by atoms with Crippen LogP contribution in [0.4, 0.5) is 5.69 Å². The van der Waals surface area contributed by atoms with Crippen LogP contribution in [0.15, 0.2) is 16.6 Å². The van der Waals surface area contributed by atoms with Crippen molar-refractivity contribution in [1.82, 2.24) is 0 Å². The van der Waals surface area contributed by atoms with E-state index >= 15 is 0 Å². The number of halogens is 2. The number of carbonyl (C=O) groups excluding carboxylic acids is 1. The van der Waals surface area contributed by atoms with Crippen LogP contribution in [0.25, 0.3) is 0 Å². The van der Waals surface area contributed by atoms with Crippen molar-refractivity contribution in [3.8, 4) is 0 Å². The van der Waals surface area contributed by atoms with Gasteiger partial charge in [-0.05, 0) is 29.0 Å². The predicted molar refractivity (Wildman–Crippen MR) is 61.3 cm³/mol. The SMILES string of the molecule is CN.O=Cc1cc(Cl)c(Br)cc1[N+](=O)[O-]. The van der Waals surface area contributed by atoms with Gasteiger partial charge in [-0.3, -0.25) is 14.9 Å². The molecule has 0 aliphatic rings. The minimum Gasteiger partial charge on any atom is -0.333 e. The van der Waals surface area contributed by atoms with Gasteiger partial charge < -0.3 is 5.73 Å². The molecule has 15 heavy (non-hydrogen) atoms. The van der Waals surface area contributed by atoms with E-state index in [1.54, 1.807) is 0 Å². The molecule has 0 fully saturated rings. The van der Waals surface area contributed by atoms with Crippen molar-refractivity contribution < 1.29 is 9.72 Å². The molecular weight excluding hydrogens is 287 g/mol. The van der Waals surface area contributed by atoms with Gasteiger partial charge in [0.05, 0.1) is 15.5 Å². The zero-order valence-corrected chi connectivity index (χ0v) is 10.1. The Balaban J connectivity index is 0.000000921. The van der Waals surface area contributed by atoms with Crippen LogP contribution in [0.1, 0.15) is 10.4 Å². The van der Waals surface area contributed by atoms with E-state index < -0.39 is 4.92 Å². The maximum absolute atomic E-state index is 10.4. The lowest BCUT2D eigenvalue weighted by Gasteiger charge is -1.98. The molecule has 0 saturated carbocycles. The summed E-state index contributed by atoms with van der Waals surface area (Å²) in [6.45, 7) is 0. The fourth-order valence-electron chi connectivity index (χ4n) is 0.804. The Bertz CT molecular complexity index is 384. The minimum atomic E-state index is -0.634. The van der Waals surface area contributed by atoms with E-state index in [4.69, 9.17) is 11.6 Å². The molecule has 82 valence electrons. The summed E-state index contributed by atoms with van der Waals surface area (Å²) in [4.78, 5) is 20.2. The highest BCUT2D eigenvalue weighted by atomic mass is 79.9.